The van der Waals surface area contributed by atoms with Crippen molar-refractivity contribution in [3.8, 4) is 5.75 Å². The monoisotopic (exact) mass is 222 g/mol. The second-order valence-corrected chi connectivity index (χ2v) is 4.01. The molecule has 0 bridgehead atoms. The van der Waals surface area contributed by atoms with Crippen LogP contribution in [0.2, 0.25) is 0 Å². The number of hydrogen-bond acceptors (Lipinski definition) is 4. The molecule has 1 heterocycles. The van der Waals surface area contributed by atoms with Crippen LogP contribution >= 0.6 is 0 Å². The number of hydrogen-bond donors (Lipinski definition) is 2. The van der Waals surface area contributed by atoms with Gasteiger partial charge in [-0.2, -0.15) is 0 Å². The number of rotatable bonds is 2. The number of aromatic hydroxyl groups is 1. The van der Waals surface area contributed by atoms with Crippen LogP contribution in [-0.2, 0) is 0 Å². The fourth-order valence-electron chi connectivity index (χ4n) is 2.04. The van der Waals surface area contributed by atoms with Gasteiger partial charge in [0.15, 0.2) is 5.75 Å². The summed E-state index contributed by atoms with van der Waals surface area (Å²) in [5.74, 6) is -0.274. The third kappa shape index (κ3) is 2.14. The van der Waals surface area contributed by atoms with Crippen LogP contribution in [0.1, 0.15) is 30.9 Å². The van der Waals surface area contributed by atoms with Gasteiger partial charge in [0.1, 0.15) is 0 Å². The summed E-state index contributed by atoms with van der Waals surface area (Å²) in [4.78, 5) is 10.1. The molecule has 16 heavy (non-hydrogen) atoms. The normalized spacial score (nSPS) is 20.6. The van der Waals surface area contributed by atoms with Gasteiger partial charge in [-0.1, -0.05) is 12.5 Å². The Morgan fingerprint density at radius 3 is 2.88 bits per heavy atom. The van der Waals surface area contributed by atoms with Gasteiger partial charge in [0.25, 0.3) is 0 Å². The molecule has 0 saturated carbocycles. The van der Waals surface area contributed by atoms with E-state index in [0.29, 0.717) is 0 Å². The minimum Gasteiger partial charge on any atom is -0.502 e. The number of phenols is 1. The molecular weight excluding hydrogens is 208 g/mol. The lowest BCUT2D eigenvalue weighted by atomic mass is 9.97. The number of nitrogens with one attached hydrogen (secondary N) is 1. The summed E-state index contributed by atoms with van der Waals surface area (Å²) in [6.45, 7) is 0.944. The van der Waals surface area contributed by atoms with E-state index in [-0.39, 0.29) is 17.5 Å². The Labute approximate surface area is 93.2 Å². The Morgan fingerprint density at radius 2 is 2.25 bits per heavy atom. The molecule has 1 fully saturated rings. The van der Waals surface area contributed by atoms with Crippen molar-refractivity contribution in [3.63, 3.8) is 0 Å². The van der Waals surface area contributed by atoms with Crippen molar-refractivity contribution >= 4 is 5.69 Å². The van der Waals surface area contributed by atoms with Crippen molar-refractivity contribution in [2.24, 2.45) is 0 Å². The molecule has 86 valence electrons. The third-order valence-corrected chi connectivity index (χ3v) is 2.91. The molecule has 0 unspecified atom stereocenters. The molecule has 1 aromatic rings. The molecule has 5 heteroatoms. The molecular formula is C11H14N2O3. The first-order valence-electron chi connectivity index (χ1n) is 5.39. The Balaban J connectivity index is 2.27. The first-order chi connectivity index (χ1) is 7.68. The highest BCUT2D eigenvalue weighted by Crippen LogP contribution is 2.31. The van der Waals surface area contributed by atoms with E-state index in [9.17, 15) is 15.2 Å². The van der Waals surface area contributed by atoms with Crippen LogP contribution in [0, 0.1) is 10.1 Å². The summed E-state index contributed by atoms with van der Waals surface area (Å²) < 4.78 is 0. The predicted molar refractivity (Wildman–Crippen MR) is 59.4 cm³/mol. The minimum atomic E-state index is -0.554. The lowest BCUT2D eigenvalue weighted by molar-refractivity contribution is -0.385. The van der Waals surface area contributed by atoms with E-state index in [1.807, 2.05) is 0 Å². The van der Waals surface area contributed by atoms with E-state index in [1.165, 1.54) is 12.1 Å². The van der Waals surface area contributed by atoms with Gasteiger partial charge in [0, 0.05) is 12.1 Å². The summed E-state index contributed by atoms with van der Waals surface area (Å²) in [5.41, 5.74) is 0.661. The molecule has 0 radical (unpaired) electrons. The van der Waals surface area contributed by atoms with Gasteiger partial charge in [-0.3, -0.25) is 10.1 Å². The molecule has 1 atom stereocenters. The Kier molecular flexibility index (Phi) is 3.05. The SMILES string of the molecule is O=[N+]([O-])c1cc([C@H]2CCCCN2)ccc1O. The number of nitrogens with zero attached hydrogens (tertiary/aromatic N) is 1. The smallest absolute Gasteiger partial charge is 0.311 e. The van der Waals surface area contributed by atoms with Crippen molar-refractivity contribution in [1.29, 1.82) is 0 Å². The number of nitro benzene ring substituents is 1. The highest BCUT2D eigenvalue weighted by atomic mass is 16.6. The number of phenolic OH excluding ortho intramolecular Hbond substituents is 1. The zero-order valence-electron chi connectivity index (χ0n) is 8.85. The Bertz CT molecular complexity index is 400. The quantitative estimate of drug-likeness (QED) is 0.593. The summed E-state index contributed by atoms with van der Waals surface area (Å²) in [5, 5.41) is 23.3. The largest absolute Gasteiger partial charge is 0.502 e. The second kappa shape index (κ2) is 4.49. The summed E-state index contributed by atoms with van der Waals surface area (Å²) >= 11 is 0. The Morgan fingerprint density at radius 1 is 1.44 bits per heavy atom. The number of piperidine rings is 1. The second-order valence-electron chi connectivity index (χ2n) is 4.01. The van der Waals surface area contributed by atoms with Gasteiger partial charge < -0.3 is 10.4 Å². The predicted octanol–water partition coefficient (Wildman–Crippen LogP) is 2.11. The van der Waals surface area contributed by atoms with Crippen LogP contribution in [0.5, 0.6) is 5.75 Å². The molecule has 1 saturated heterocycles. The van der Waals surface area contributed by atoms with E-state index in [2.05, 4.69) is 5.32 Å². The van der Waals surface area contributed by atoms with Crippen LogP contribution < -0.4 is 5.32 Å². The minimum absolute atomic E-state index is 0.174. The molecule has 2 rings (SSSR count). The van der Waals surface area contributed by atoms with E-state index in [1.54, 1.807) is 6.07 Å². The molecule has 0 spiro atoms. The zero-order chi connectivity index (χ0) is 11.5. The molecule has 0 amide bonds. The lowest BCUT2D eigenvalue weighted by Gasteiger charge is -2.23. The van der Waals surface area contributed by atoms with Crippen molar-refractivity contribution < 1.29 is 10.0 Å². The average Bonchev–Trinajstić information content (AvgIpc) is 2.30. The van der Waals surface area contributed by atoms with Gasteiger partial charge in [-0.05, 0) is 31.0 Å². The maximum Gasteiger partial charge on any atom is 0.311 e. The highest BCUT2D eigenvalue weighted by molar-refractivity contribution is 5.48. The zero-order valence-corrected chi connectivity index (χ0v) is 8.85. The number of benzene rings is 1. The molecule has 1 aliphatic rings. The van der Waals surface area contributed by atoms with E-state index in [4.69, 9.17) is 0 Å². The van der Waals surface area contributed by atoms with Crippen molar-refractivity contribution in [3.05, 3.63) is 33.9 Å². The first-order valence-corrected chi connectivity index (χ1v) is 5.39. The Hall–Kier alpha value is -1.62. The average molecular weight is 222 g/mol. The number of nitro groups is 1. The van der Waals surface area contributed by atoms with Gasteiger partial charge in [0.2, 0.25) is 0 Å². The summed E-state index contributed by atoms with van der Waals surface area (Å²) in [7, 11) is 0. The first kappa shape index (κ1) is 10.9. The van der Waals surface area contributed by atoms with Crippen molar-refractivity contribution in [2.45, 2.75) is 25.3 Å². The van der Waals surface area contributed by atoms with Crippen LogP contribution in [0.25, 0.3) is 0 Å². The molecule has 0 aliphatic carbocycles. The topological polar surface area (TPSA) is 75.4 Å². The summed E-state index contributed by atoms with van der Waals surface area (Å²) in [6.07, 6.45) is 3.27. The fourth-order valence-corrected chi connectivity index (χ4v) is 2.04. The molecule has 0 aromatic heterocycles. The fraction of sp³-hybridized carbons (Fsp3) is 0.455. The lowest BCUT2D eigenvalue weighted by Crippen LogP contribution is -2.26. The van der Waals surface area contributed by atoms with Gasteiger partial charge in [-0.25, -0.2) is 0 Å². The van der Waals surface area contributed by atoms with E-state index in [0.717, 1.165) is 31.4 Å². The van der Waals surface area contributed by atoms with Crippen molar-refractivity contribution in [2.75, 3.05) is 6.54 Å². The van der Waals surface area contributed by atoms with Crippen LogP contribution in [0.15, 0.2) is 18.2 Å². The highest BCUT2D eigenvalue weighted by Gasteiger charge is 2.19. The third-order valence-electron chi connectivity index (χ3n) is 2.91. The van der Waals surface area contributed by atoms with Gasteiger partial charge in [-0.15, -0.1) is 0 Å². The van der Waals surface area contributed by atoms with Gasteiger partial charge >= 0.3 is 5.69 Å². The van der Waals surface area contributed by atoms with Crippen LogP contribution in [0.3, 0.4) is 0 Å². The van der Waals surface area contributed by atoms with Crippen LogP contribution in [0.4, 0.5) is 5.69 Å². The molecule has 1 aliphatic heterocycles. The summed E-state index contributed by atoms with van der Waals surface area (Å²) in [6, 6.07) is 4.76. The molecule has 2 N–H and O–H groups in total. The molecule has 5 nitrogen and oxygen atoms in total. The standard InChI is InChI=1S/C11H14N2O3/c14-11-5-4-8(7-10(11)13(15)16)9-3-1-2-6-12-9/h4-5,7,9,12,14H,1-3,6H2/t9-/m1/s1. The van der Waals surface area contributed by atoms with Gasteiger partial charge in [0.05, 0.1) is 4.92 Å². The van der Waals surface area contributed by atoms with E-state index < -0.39 is 4.92 Å². The van der Waals surface area contributed by atoms with Crippen molar-refractivity contribution in [1.82, 2.24) is 5.32 Å². The van der Waals surface area contributed by atoms with E-state index >= 15 is 0 Å². The maximum absolute atomic E-state index is 10.7. The van der Waals surface area contributed by atoms with Crippen LogP contribution in [-0.4, -0.2) is 16.6 Å². The molecule has 1 aromatic carbocycles. The maximum atomic E-state index is 10.7.